The molecule has 6 atom stereocenters. The predicted molar refractivity (Wildman–Crippen MR) is 179 cm³/mol. The number of fused-ring (bicyclic) bond motifs is 4. The maximum absolute atomic E-state index is 14.6. The van der Waals surface area contributed by atoms with Crippen LogP contribution in [-0.4, -0.2) is 43.0 Å². The van der Waals surface area contributed by atoms with Crippen molar-refractivity contribution in [2.45, 2.75) is 25.7 Å². The number of aromatic hydroxyl groups is 1. The molecule has 0 aromatic heterocycles. The maximum Gasteiger partial charge on any atom is 0.241 e. The lowest BCUT2D eigenvalue weighted by atomic mass is 9.51. The van der Waals surface area contributed by atoms with Gasteiger partial charge in [-0.25, -0.2) is 9.29 Å². The summed E-state index contributed by atoms with van der Waals surface area (Å²) in [6.07, 6.45) is 2.23. The molecule has 0 bridgehead atoms. The van der Waals surface area contributed by atoms with Crippen LogP contribution in [0.25, 0.3) is 0 Å². The Labute approximate surface area is 288 Å². The smallest absolute Gasteiger partial charge is 0.241 e. The molecule has 4 aliphatic rings. The van der Waals surface area contributed by atoms with Crippen LogP contribution in [0.15, 0.2) is 66.2 Å². The largest absolute Gasteiger partial charge is 0.507 e. The third-order valence-electron chi connectivity index (χ3n) is 10.4. The Bertz CT molecular complexity index is 1920. The monoisotopic (exact) mass is 770 g/mol. The molecule has 2 aliphatic heterocycles. The molecular weight excluding hydrogens is 742 g/mol. The van der Waals surface area contributed by atoms with E-state index in [-0.39, 0.29) is 52.4 Å². The zero-order valence-corrected chi connectivity index (χ0v) is 28.4. The number of phenols is 1. The molecule has 1 saturated carbocycles. The van der Waals surface area contributed by atoms with Crippen molar-refractivity contribution in [2.75, 3.05) is 24.0 Å². The molecule has 1 N–H and O–H groups in total. The fourth-order valence-electron chi connectivity index (χ4n) is 8.20. The Morgan fingerprint density at radius 2 is 1.62 bits per heavy atom. The van der Waals surface area contributed by atoms with E-state index in [9.17, 15) is 28.7 Å². The molecule has 0 spiro atoms. The van der Waals surface area contributed by atoms with Crippen LogP contribution in [0, 0.1) is 38.5 Å². The summed E-state index contributed by atoms with van der Waals surface area (Å²) < 4.78 is 26.2. The second-order valence-corrected chi connectivity index (χ2v) is 14.2. The number of amides is 4. The van der Waals surface area contributed by atoms with Crippen molar-refractivity contribution in [1.29, 1.82) is 0 Å². The maximum atomic E-state index is 14.6. The molecule has 3 aromatic carbocycles. The van der Waals surface area contributed by atoms with Gasteiger partial charge < -0.3 is 14.6 Å². The van der Waals surface area contributed by atoms with E-state index in [0.717, 1.165) is 14.5 Å². The number of nitrogens with zero attached hydrogens (tertiary/aromatic N) is 2. The molecule has 3 fully saturated rings. The van der Waals surface area contributed by atoms with Crippen molar-refractivity contribution in [3.63, 3.8) is 0 Å². The highest BCUT2D eigenvalue weighted by Crippen LogP contribution is 2.65. The summed E-state index contributed by atoms with van der Waals surface area (Å²) >= 11 is 8.23. The molecule has 47 heavy (non-hydrogen) atoms. The number of ether oxygens (including phenoxy) is 2. The first-order valence-electron chi connectivity index (χ1n) is 15.0. The Morgan fingerprint density at radius 1 is 0.915 bits per heavy atom. The van der Waals surface area contributed by atoms with Gasteiger partial charge in [0.05, 0.1) is 53.8 Å². The zero-order chi connectivity index (χ0) is 33.5. The number of rotatable bonds is 5. The second-order valence-electron chi connectivity index (χ2n) is 12.5. The van der Waals surface area contributed by atoms with Crippen LogP contribution in [-0.2, 0) is 19.2 Å². The fraction of sp³-hybridized carbons (Fsp3) is 0.314. The average molecular weight is 771 g/mol. The van der Waals surface area contributed by atoms with Crippen LogP contribution in [0.5, 0.6) is 17.2 Å². The van der Waals surface area contributed by atoms with Gasteiger partial charge >= 0.3 is 0 Å². The number of imide groups is 2. The summed E-state index contributed by atoms with van der Waals surface area (Å²) in [4.78, 5) is 59.3. The molecule has 0 radical (unpaired) electrons. The highest BCUT2D eigenvalue weighted by atomic mass is 127. The molecule has 2 heterocycles. The molecule has 2 saturated heterocycles. The van der Waals surface area contributed by atoms with Gasteiger partial charge in [-0.05, 0) is 90.7 Å². The highest BCUT2D eigenvalue weighted by molar-refractivity contribution is 14.1. The standard InChI is InChI=1S/C35H29ClFIN2O7/c1-35-23(32(43)40(34(35)45)18-8-11-25(37)24(36)12-18)15-22-20(30(35)29-26(41)13-19(46-2)14-27(29)47-3)9-10-21-28(22)33(44)39(31(21)42)17-6-4-16(38)5-7-17/h4-9,11-14,21-23,28,30,41H,10,15H2,1-3H3/t21-,22+,23-,28-,30+,35+/m0/s1. The number of methoxy groups -OCH3 is 2. The first kappa shape index (κ1) is 31.6. The zero-order valence-electron chi connectivity index (χ0n) is 25.5. The third kappa shape index (κ3) is 4.52. The lowest BCUT2D eigenvalue weighted by Crippen LogP contribution is -2.49. The van der Waals surface area contributed by atoms with Gasteiger partial charge in [-0.2, -0.15) is 0 Å². The molecule has 7 rings (SSSR count). The van der Waals surface area contributed by atoms with Crippen LogP contribution < -0.4 is 19.3 Å². The minimum absolute atomic E-state index is 0.106. The van der Waals surface area contributed by atoms with Crippen LogP contribution in [0.1, 0.15) is 31.2 Å². The summed E-state index contributed by atoms with van der Waals surface area (Å²) in [6, 6.07) is 13.7. The van der Waals surface area contributed by atoms with Crippen molar-refractivity contribution in [3.8, 4) is 17.2 Å². The second kappa shape index (κ2) is 11.3. The van der Waals surface area contributed by atoms with Gasteiger partial charge in [0.2, 0.25) is 23.6 Å². The molecular formula is C35H29ClFIN2O7. The van der Waals surface area contributed by atoms with E-state index in [1.807, 2.05) is 18.2 Å². The van der Waals surface area contributed by atoms with E-state index in [1.165, 1.54) is 37.3 Å². The fourth-order valence-corrected chi connectivity index (χ4v) is 8.74. The summed E-state index contributed by atoms with van der Waals surface area (Å²) in [6.45, 7) is 1.68. The van der Waals surface area contributed by atoms with Crippen molar-refractivity contribution in [3.05, 3.63) is 86.2 Å². The minimum Gasteiger partial charge on any atom is -0.507 e. The quantitative estimate of drug-likeness (QED) is 0.186. The lowest BCUT2D eigenvalue weighted by Gasteiger charge is -2.49. The van der Waals surface area contributed by atoms with Crippen LogP contribution in [0.3, 0.4) is 0 Å². The van der Waals surface area contributed by atoms with Crippen LogP contribution in [0.4, 0.5) is 15.8 Å². The van der Waals surface area contributed by atoms with E-state index in [4.69, 9.17) is 21.1 Å². The van der Waals surface area contributed by atoms with Crippen molar-refractivity contribution in [1.82, 2.24) is 0 Å². The van der Waals surface area contributed by atoms with E-state index in [2.05, 4.69) is 22.6 Å². The Balaban J connectivity index is 1.41. The topological polar surface area (TPSA) is 113 Å². The molecule has 242 valence electrons. The average Bonchev–Trinajstić information content (AvgIpc) is 3.42. The van der Waals surface area contributed by atoms with Gasteiger partial charge in [-0.3, -0.25) is 24.1 Å². The van der Waals surface area contributed by atoms with E-state index in [1.54, 1.807) is 25.1 Å². The normalized spacial score (nSPS) is 28.2. The number of hydrogen-bond donors (Lipinski definition) is 1. The molecule has 12 heteroatoms. The van der Waals surface area contributed by atoms with Crippen LogP contribution >= 0.6 is 34.2 Å². The number of carbonyl (C=O) groups excluding carboxylic acids is 4. The van der Waals surface area contributed by atoms with E-state index in [0.29, 0.717) is 17.0 Å². The molecule has 9 nitrogen and oxygen atoms in total. The van der Waals surface area contributed by atoms with E-state index < -0.39 is 52.6 Å². The summed E-state index contributed by atoms with van der Waals surface area (Å²) in [5.41, 5.74) is 0.0534. The SMILES string of the molecule is COc1cc(O)c([C@H]2C3=CC[C@@H]4C(=O)N(c5ccc(I)cc5)C(=O)[C@@H]4[C@@H]3C[C@H]3C(=O)N(c4ccc(F)c(Cl)c4)C(=O)[C@@]23C)c(OC)c1. The Morgan fingerprint density at radius 3 is 2.28 bits per heavy atom. The summed E-state index contributed by atoms with van der Waals surface area (Å²) in [5.74, 6) is -6.12. The Hall–Kier alpha value is -3.97. The third-order valence-corrected chi connectivity index (χ3v) is 11.4. The van der Waals surface area contributed by atoms with Gasteiger partial charge in [0.15, 0.2) is 0 Å². The number of phenolic OH excluding ortho intramolecular Hbond substituents is 1. The van der Waals surface area contributed by atoms with Crippen LogP contribution in [0.2, 0.25) is 5.02 Å². The summed E-state index contributed by atoms with van der Waals surface area (Å²) in [5, 5.41) is 11.3. The lowest BCUT2D eigenvalue weighted by molar-refractivity contribution is -0.131. The minimum atomic E-state index is -1.46. The first-order valence-corrected chi connectivity index (χ1v) is 16.5. The number of hydrogen-bond acceptors (Lipinski definition) is 7. The molecule has 0 unspecified atom stereocenters. The van der Waals surface area contributed by atoms with Crippen molar-refractivity contribution in [2.24, 2.45) is 29.1 Å². The number of halogens is 3. The van der Waals surface area contributed by atoms with Gasteiger partial charge in [0, 0.05) is 27.2 Å². The summed E-state index contributed by atoms with van der Waals surface area (Å²) in [7, 11) is 2.87. The number of carbonyl (C=O) groups is 4. The Kier molecular flexibility index (Phi) is 7.62. The van der Waals surface area contributed by atoms with Gasteiger partial charge in [0.25, 0.3) is 0 Å². The van der Waals surface area contributed by atoms with Gasteiger partial charge in [-0.15, -0.1) is 0 Å². The van der Waals surface area contributed by atoms with Gasteiger partial charge in [-0.1, -0.05) is 23.3 Å². The number of anilines is 2. The highest BCUT2D eigenvalue weighted by Gasteiger charge is 2.68. The van der Waals surface area contributed by atoms with E-state index >= 15 is 0 Å². The first-order chi connectivity index (χ1) is 22.4. The van der Waals surface area contributed by atoms with Crippen molar-refractivity contribution >= 4 is 69.2 Å². The van der Waals surface area contributed by atoms with Gasteiger partial charge in [0.1, 0.15) is 23.1 Å². The predicted octanol–water partition coefficient (Wildman–Crippen LogP) is 6.24. The number of benzene rings is 3. The molecule has 4 amide bonds. The molecule has 2 aliphatic carbocycles. The molecule has 3 aromatic rings. The number of allylic oxidation sites excluding steroid dienone is 2. The van der Waals surface area contributed by atoms with Crippen molar-refractivity contribution < 1.29 is 38.1 Å².